The Bertz CT molecular complexity index is 511. The van der Waals surface area contributed by atoms with Crippen LogP contribution in [0, 0.1) is 20.8 Å². The van der Waals surface area contributed by atoms with E-state index in [0.29, 0.717) is 0 Å². The molecule has 0 fully saturated rings. The highest BCUT2D eigenvalue weighted by molar-refractivity contribution is 5.83. The van der Waals surface area contributed by atoms with E-state index in [0.717, 1.165) is 22.4 Å². The summed E-state index contributed by atoms with van der Waals surface area (Å²) in [5.74, 6) is -0.0888. The van der Waals surface area contributed by atoms with Crippen molar-refractivity contribution in [1.82, 2.24) is 5.32 Å². The molecule has 110 valence electrons. The van der Waals surface area contributed by atoms with E-state index in [-0.39, 0.29) is 12.5 Å². The number of aryl methyl sites for hydroxylation is 2. The number of methoxy groups -OCH3 is 1. The molecule has 0 saturated heterocycles. The maximum atomic E-state index is 11.6. The molecular weight excluding hydrogens is 258 g/mol. The van der Waals surface area contributed by atoms with Gasteiger partial charge in [-0.2, -0.15) is 0 Å². The van der Waals surface area contributed by atoms with Gasteiger partial charge in [-0.05, 0) is 37.5 Å². The Kier molecular flexibility index (Phi) is 5.55. The summed E-state index contributed by atoms with van der Waals surface area (Å²) >= 11 is 0. The van der Waals surface area contributed by atoms with Gasteiger partial charge in [-0.25, -0.2) is 4.79 Å². The summed E-state index contributed by atoms with van der Waals surface area (Å²) in [7, 11) is 1.28. The molecule has 0 aliphatic heterocycles. The summed E-state index contributed by atoms with van der Waals surface area (Å²) in [6.07, 6.45) is 0. The number of carbonyl (C=O) groups excluding carboxylic acids is 2. The zero-order valence-corrected chi connectivity index (χ0v) is 12.6. The number of hydrogen-bond donors (Lipinski definition) is 1. The fraction of sp³-hybridized carbons (Fsp3) is 0.467. The van der Waals surface area contributed by atoms with Gasteiger partial charge in [0, 0.05) is 6.92 Å². The van der Waals surface area contributed by atoms with Gasteiger partial charge in [-0.1, -0.05) is 12.1 Å². The highest BCUT2D eigenvalue weighted by Crippen LogP contribution is 2.25. The van der Waals surface area contributed by atoms with E-state index in [1.54, 1.807) is 0 Å². The Morgan fingerprint density at radius 1 is 1.20 bits per heavy atom. The van der Waals surface area contributed by atoms with E-state index >= 15 is 0 Å². The van der Waals surface area contributed by atoms with E-state index in [2.05, 4.69) is 10.1 Å². The quantitative estimate of drug-likeness (QED) is 0.833. The van der Waals surface area contributed by atoms with Gasteiger partial charge in [-0.3, -0.25) is 4.79 Å². The molecule has 20 heavy (non-hydrogen) atoms. The van der Waals surface area contributed by atoms with Crippen molar-refractivity contribution in [3.8, 4) is 5.75 Å². The van der Waals surface area contributed by atoms with Crippen LogP contribution in [0.15, 0.2) is 12.1 Å². The van der Waals surface area contributed by atoms with E-state index in [1.807, 2.05) is 32.9 Å². The Labute approximate surface area is 119 Å². The largest absolute Gasteiger partial charge is 0.490 e. The lowest BCUT2D eigenvalue weighted by molar-refractivity contribution is -0.145. The van der Waals surface area contributed by atoms with Gasteiger partial charge in [0.2, 0.25) is 5.91 Å². The molecule has 1 amide bonds. The Morgan fingerprint density at radius 3 is 2.35 bits per heavy atom. The number of carbonyl (C=O) groups is 2. The molecule has 0 aromatic heterocycles. The van der Waals surface area contributed by atoms with E-state index in [1.165, 1.54) is 14.0 Å². The lowest BCUT2D eigenvalue weighted by atomic mass is 10.1. The predicted molar refractivity (Wildman–Crippen MR) is 75.8 cm³/mol. The average molecular weight is 279 g/mol. The van der Waals surface area contributed by atoms with Crippen LogP contribution in [0.4, 0.5) is 0 Å². The Balaban J connectivity index is 2.85. The van der Waals surface area contributed by atoms with Gasteiger partial charge in [0.05, 0.1) is 7.11 Å². The Morgan fingerprint density at radius 2 is 1.80 bits per heavy atom. The van der Waals surface area contributed by atoms with Crippen LogP contribution in [-0.2, 0) is 14.3 Å². The van der Waals surface area contributed by atoms with Crippen molar-refractivity contribution in [2.75, 3.05) is 13.7 Å². The smallest absolute Gasteiger partial charge is 0.331 e. The van der Waals surface area contributed by atoms with Crippen LogP contribution in [-0.4, -0.2) is 31.6 Å². The van der Waals surface area contributed by atoms with Crippen LogP contribution in [0.3, 0.4) is 0 Å². The SMILES string of the molecule is COC(=O)C(COc1c(C)ccc(C)c1C)NC(C)=O. The first kappa shape index (κ1) is 16.0. The van der Waals surface area contributed by atoms with Crippen LogP contribution < -0.4 is 10.1 Å². The molecule has 0 bridgehead atoms. The standard InChI is InChI=1S/C15H21NO4/c1-9-6-7-10(2)14(11(9)3)20-8-13(15(18)19-5)16-12(4)17/h6-7,13H,8H2,1-5H3,(H,16,17). The van der Waals surface area contributed by atoms with Crippen LogP contribution in [0.2, 0.25) is 0 Å². The first-order valence-electron chi connectivity index (χ1n) is 6.41. The van der Waals surface area contributed by atoms with Gasteiger partial charge in [0.1, 0.15) is 12.4 Å². The van der Waals surface area contributed by atoms with Crippen molar-refractivity contribution >= 4 is 11.9 Å². The van der Waals surface area contributed by atoms with Crippen LogP contribution in [0.1, 0.15) is 23.6 Å². The second kappa shape index (κ2) is 6.93. The maximum absolute atomic E-state index is 11.6. The zero-order valence-electron chi connectivity index (χ0n) is 12.6. The second-order valence-electron chi connectivity index (χ2n) is 4.74. The fourth-order valence-corrected chi connectivity index (χ4v) is 1.87. The normalized spacial score (nSPS) is 11.7. The second-order valence-corrected chi connectivity index (χ2v) is 4.74. The molecule has 5 nitrogen and oxygen atoms in total. The molecule has 0 radical (unpaired) electrons. The van der Waals surface area contributed by atoms with Crippen LogP contribution in [0.25, 0.3) is 0 Å². The van der Waals surface area contributed by atoms with Crippen LogP contribution >= 0.6 is 0 Å². The van der Waals surface area contributed by atoms with E-state index in [4.69, 9.17) is 4.74 Å². The summed E-state index contributed by atoms with van der Waals surface area (Å²) in [5, 5.41) is 2.52. The number of benzene rings is 1. The molecule has 0 saturated carbocycles. The van der Waals surface area contributed by atoms with Crippen molar-refractivity contribution in [2.45, 2.75) is 33.7 Å². The summed E-state index contributed by atoms with van der Waals surface area (Å²) in [5.41, 5.74) is 3.12. The summed E-state index contributed by atoms with van der Waals surface area (Å²) in [6.45, 7) is 7.28. The summed E-state index contributed by atoms with van der Waals surface area (Å²) in [4.78, 5) is 22.7. The molecule has 0 aliphatic carbocycles. The van der Waals surface area contributed by atoms with Crippen molar-refractivity contribution in [3.63, 3.8) is 0 Å². The highest BCUT2D eigenvalue weighted by Gasteiger charge is 2.21. The first-order chi connectivity index (χ1) is 9.36. The molecule has 0 aliphatic rings. The van der Waals surface area contributed by atoms with Gasteiger partial charge < -0.3 is 14.8 Å². The number of hydrogen-bond acceptors (Lipinski definition) is 4. The number of amides is 1. The minimum absolute atomic E-state index is 0.0391. The highest BCUT2D eigenvalue weighted by atomic mass is 16.5. The first-order valence-corrected chi connectivity index (χ1v) is 6.41. The van der Waals surface area contributed by atoms with E-state index in [9.17, 15) is 9.59 Å². The topological polar surface area (TPSA) is 64.6 Å². The molecule has 1 unspecified atom stereocenters. The summed E-state index contributed by atoms with van der Waals surface area (Å²) in [6, 6.07) is 3.17. The van der Waals surface area contributed by atoms with Gasteiger partial charge >= 0.3 is 5.97 Å². The lowest BCUT2D eigenvalue weighted by Crippen LogP contribution is -2.44. The fourth-order valence-electron chi connectivity index (χ4n) is 1.87. The number of esters is 1. The van der Waals surface area contributed by atoms with Crippen molar-refractivity contribution in [2.24, 2.45) is 0 Å². The molecule has 0 heterocycles. The third kappa shape index (κ3) is 3.98. The van der Waals surface area contributed by atoms with Crippen LogP contribution in [0.5, 0.6) is 5.75 Å². The van der Waals surface area contributed by atoms with Gasteiger partial charge in [0.15, 0.2) is 6.04 Å². The molecule has 1 atom stereocenters. The predicted octanol–water partition coefficient (Wildman–Crippen LogP) is 1.67. The minimum Gasteiger partial charge on any atom is -0.490 e. The molecule has 1 N–H and O–H groups in total. The third-order valence-electron chi connectivity index (χ3n) is 3.13. The van der Waals surface area contributed by atoms with Crippen molar-refractivity contribution < 1.29 is 19.1 Å². The molecule has 1 rings (SSSR count). The minimum atomic E-state index is -0.809. The summed E-state index contributed by atoms with van der Waals surface area (Å²) < 4.78 is 10.4. The monoisotopic (exact) mass is 279 g/mol. The van der Waals surface area contributed by atoms with Gasteiger partial charge in [0.25, 0.3) is 0 Å². The van der Waals surface area contributed by atoms with E-state index < -0.39 is 12.0 Å². The maximum Gasteiger partial charge on any atom is 0.331 e. The number of ether oxygens (including phenoxy) is 2. The lowest BCUT2D eigenvalue weighted by Gasteiger charge is -2.19. The third-order valence-corrected chi connectivity index (χ3v) is 3.13. The van der Waals surface area contributed by atoms with Crippen molar-refractivity contribution in [3.05, 3.63) is 28.8 Å². The molecule has 5 heteroatoms. The zero-order chi connectivity index (χ0) is 15.3. The molecule has 1 aromatic carbocycles. The van der Waals surface area contributed by atoms with Crippen molar-refractivity contribution in [1.29, 1.82) is 0 Å². The molecule has 0 spiro atoms. The molecule has 1 aromatic rings. The molecular formula is C15H21NO4. The average Bonchev–Trinajstić information content (AvgIpc) is 2.40. The van der Waals surface area contributed by atoms with Gasteiger partial charge in [-0.15, -0.1) is 0 Å². The Hall–Kier alpha value is -2.04. The number of rotatable bonds is 5. The number of nitrogens with one attached hydrogen (secondary N) is 1.